The van der Waals surface area contributed by atoms with E-state index in [4.69, 9.17) is 6.42 Å². The Morgan fingerprint density at radius 1 is 1.39 bits per heavy atom. The molecule has 1 aromatic heterocycles. The molecule has 1 fully saturated rings. The highest BCUT2D eigenvalue weighted by Gasteiger charge is 2.21. The van der Waals surface area contributed by atoms with Gasteiger partial charge in [-0.15, -0.1) is 11.1 Å². The van der Waals surface area contributed by atoms with Crippen LogP contribution in [0.15, 0.2) is 12.3 Å². The number of piperazine rings is 1. The minimum absolute atomic E-state index is 0.0288. The third-order valence-corrected chi connectivity index (χ3v) is 2.99. The predicted octanol–water partition coefficient (Wildman–Crippen LogP) is -0.000400. The van der Waals surface area contributed by atoms with Crippen molar-refractivity contribution in [1.82, 2.24) is 19.6 Å². The van der Waals surface area contributed by atoms with E-state index >= 15 is 0 Å². The number of nitrogens with zero attached hydrogens (tertiary/aromatic N) is 5. The second kappa shape index (κ2) is 5.62. The van der Waals surface area contributed by atoms with Gasteiger partial charge in [0.1, 0.15) is 0 Å². The summed E-state index contributed by atoms with van der Waals surface area (Å²) in [6.07, 6.45) is 6.71. The van der Waals surface area contributed by atoms with Crippen LogP contribution >= 0.6 is 0 Å². The Kier molecular flexibility index (Phi) is 3.92. The van der Waals surface area contributed by atoms with Crippen molar-refractivity contribution in [3.8, 4) is 12.3 Å². The fourth-order valence-electron chi connectivity index (χ4n) is 2.00. The van der Waals surface area contributed by atoms with Gasteiger partial charge in [-0.1, -0.05) is 11.0 Å². The van der Waals surface area contributed by atoms with Crippen LogP contribution in [-0.4, -0.2) is 57.2 Å². The third-order valence-electron chi connectivity index (χ3n) is 2.99. The van der Waals surface area contributed by atoms with Gasteiger partial charge >= 0.3 is 5.82 Å². The highest BCUT2D eigenvalue weighted by Crippen LogP contribution is 2.11. The summed E-state index contributed by atoms with van der Waals surface area (Å²) in [4.78, 5) is 14.7. The van der Waals surface area contributed by atoms with Crippen molar-refractivity contribution in [1.29, 1.82) is 0 Å². The number of rotatable bonds is 4. The van der Waals surface area contributed by atoms with Crippen molar-refractivity contribution in [2.45, 2.75) is 6.67 Å². The van der Waals surface area contributed by atoms with E-state index in [2.05, 4.69) is 20.8 Å². The van der Waals surface area contributed by atoms with Crippen LogP contribution in [0, 0.1) is 22.5 Å². The van der Waals surface area contributed by atoms with Gasteiger partial charge < -0.3 is 10.1 Å². The van der Waals surface area contributed by atoms with Gasteiger partial charge in [-0.05, 0) is 4.92 Å². The molecule has 0 aliphatic carbocycles. The SMILES string of the molecule is C#CCN1CCN(Cn2nccc2[N+](=O)[O-])CC1. The summed E-state index contributed by atoms with van der Waals surface area (Å²) in [5.41, 5.74) is 0. The van der Waals surface area contributed by atoms with Crippen molar-refractivity contribution in [3.63, 3.8) is 0 Å². The molecule has 1 aromatic rings. The van der Waals surface area contributed by atoms with Crippen LogP contribution in [0.1, 0.15) is 0 Å². The number of terminal acetylenes is 1. The van der Waals surface area contributed by atoms with Gasteiger partial charge in [-0.2, -0.15) is 0 Å². The quantitative estimate of drug-likeness (QED) is 0.427. The first-order valence-corrected chi connectivity index (χ1v) is 5.75. The zero-order valence-corrected chi connectivity index (χ0v) is 10.0. The Hall–Kier alpha value is -1.91. The zero-order valence-electron chi connectivity index (χ0n) is 10.0. The van der Waals surface area contributed by atoms with Crippen molar-refractivity contribution < 1.29 is 4.92 Å². The Labute approximate surface area is 105 Å². The maximum atomic E-state index is 10.8. The molecule has 0 aromatic carbocycles. The first kappa shape index (κ1) is 12.5. The van der Waals surface area contributed by atoms with Gasteiger partial charge in [-0.3, -0.25) is 9.80 Å². The van der Waals surface area contributed by atoms with Crippen molar-refractivity contribution in [2.24, 2.45) is 0 Å². The average molecular weight is 249 g/mol. The standard InChI is InChI=1S/C11H15N5O2/c1-2-5-13-6-8-14(9-7-13)10-15-11(16(17)18)3-4-12-15/h1,3-4H,5-10H2. The molecule has 1 saturated heterocycles. The van der Waals surface area contributed by atoms with E-state index in [1.165, 1.54) is 16.9 Å². The maximum Gasteiger partial charge on any atom is 0.346 e. The number of hydrogen-bond donors (Lipinski definition) is 0. The molecule has 18 heavy (non-hydrogen) atoms. The van der Waals surface area contributed by atoms with E-state index in [1.807, 2.05) is 0 Å². The topological polar surface area (TPSA) is 67.4 Å². The van der Waals surface area contributed by atoms with Gasteiger partial charge in [0.15, 0.2) is 6.67 Å². The second-order valence-corrected chi connectivity index (χ2v) is 4.19. The molecule has 0 N–H and O–H groups in total. The molecule has 0 unspecified atom stereocenters. The van der Waals surface area contributed by atoms with E-state index in [-0.39, 0.29) is 5.82 Å². The molecular formula is C11H15N5O2. The molecule has 0 saturated carbocycles. The average Bonchev–Trinajstić information content (AvgIpc) is 2.80. The lowest BCUT2D eigenvalue weighted by Crippen LogP contribution is -2.46. The van der Waals surface area contributed by atoms with Crippen molar-refractivity contribution >= 4 is 5.82 Å². The molecule has 0 spiro atoms. The third kappa shape index (κ3) is 2.85. The Morgan fingerprint density at radius 3 is 2.67 bits per heavy atom. The Balaban J connectivity index is 1.90. The second-order valence-electron chi connectivity index (χ2n) is 4.19. The molecule has 1 aliphatic rings. The fourth-order valence-corrected chi connectivity index (χ4v) is 2.00. The smallest absolute Gasteiger partial charge is 0.346 e. The minimum atomic E-state index is -0.415. The normalized spacial score (nSPS) is 17.5. The van der Waals surface area contributed by atoms with Gasteiger partial charge in [0.2, 0.25) is 0 Å². The summed E-state index contributed by atoms with van der Waals surface area (Å²) in [6, 6.07) is 1.41. The first-order chi connectivity index (χ1) is 8.70. The van der Waals surface area contributed by atoms with Gasteiger partial charge in [0, 0.05) is 26.2 Å². The molecule has 2 heterocycles. The van der Waals surface area contributed by atoms with Crippen LogP contribution in [0.2, 0.25) is 0 Å². The molecule has 1 aliphatic heterocycles. The van der Waals surface area contributed by atoms with E-state index in [0.717, 1.165) is 26.2 Å². The molecule has 0 bridgehead atoms. The van der Waals surface area contributed by atoms with Gasteiger partial charge in [-0.25, -0.2) is 0 Å². The van der Waals surface area contributed by atoms with Crippen LogP contribution in [-0.2, 0) is 6.67 Å². The number of nitro groups is 1. The lowest BCUT2D eigenvalue weighted by atomic mass is 10.3. The summed E-state index contributed by atoms with van der Waals surface area (Å²) in [5.74, 6) is 2.65. The molecule has 0 radical (unpaired) electrons. The Bertz CT molecular complexity index is 456. The fraction of sp³-hybridized carbons (Fsp3) is 0.545. The van der Waals surface area contributed by atoms with E-state index in [1.54, 1.807) is 0 Å². The number of aromatic nitrogens is 2. The Morgan fingerprint density at radius 2 is 2.06 bits per heavy atom. The van der Waals surface area contributed by atoms with Gasteiger partial charge in [0.05, 0.1) is 18.8 Å². The summed E-state index contributed by atoms with van der Waals surface area (Å²) >= 11 is 0. The van der Waals surface area contributed by atoms with Crippen LogP contribution in [0.4, 0.5) is 5.82 Å². The lowest BCUT2D eigenvalue weighted by Gasteiger charge is -2.32. The largest absolute Gasteiger partial charge is 0.358 e. The van der Waals surface area contributed by atoms with Crippen LogP contribution in [0.25, 0.3) is 0 Å². The minimum Gasteiger partial charge on any atom is -0.358 e. The van der Waals surface area contributed by atoms with E-state index < -0.39 is 4.92 Å². The first-order valence-electron chi connectivity index (χ1n) is 5.75. The zero-order chi connectivity index (χ0) is 13.0. The molecule has 7 heteroatoms. The van der Waals surface area contributed by atoms with Crippen molar-refractivity contribution in [3.05, 3.63) is 22.4 Å². The summed E-state index contributed by atoms with van der Waals surface area (Å²) in [7, 11) is 0. The van der Waals surface area contributed by atoms with Crippen LogP contribution < -0.4 is 0 Å². The van der Waals surface area contributed by atoms with Crippen LogP contribution in [0.3, 0.4) is 0 Å². The molecule has 7 nitrogen and oxygen atoms in total. The molecule has 2 rings (SSSR count). The summed E-state index contributed by atoms with van der Waals surface area (Å²) < 4.78 is 1.41. The molecule has 0 amide bonds. The highest BCUT2D eigenvalue weighted by molar-refractivity contribution is 5.15. The van der Waals surface area contributed by atoms with Crippen LogP contribution in [0.5, 0.6) is 0 Å². The molecule has 96 valence electrons. The summed E-state index contributed by atoms with van der Waals surface area (Å²) in [5, 5.41) is 14.7. The number of hydrogen-bond acceptors (Lipinski definition) is 5. The van der Waals surface area contributed by atoms with Crippen molar-refractivity contribution in [2.75, 3.05) is 32.7 Å². The van der Waals surface area contributed by atoms with Gasteiger partial charge in [0.25, 0.3) is 0 Å². The van der Waals surface area contributed by atoms with E-state index in [0.29, 0.717) is 13.2 Å². The monoisotopic (exact) mass is 249 g/mol. The molecular weight excluding hydrogens is 234 g/mol. The van der Waals surface area contributed by atoms with E-state index in [9.17, 15) is 10.1 Å². The lowest BCUT2D eigenvalue weighted by molar-refractivity contribution is -0.393. The highest BCUT2D eigenvalue weighted by atomic mass is 16.6. The molecule has 0 atom stereocenters. The predicted molar refractivity (Wildman–Crippen MR) is 65.7 cm³/mol. The summed E-state index contributed by atoms with van der Waals surface area (Å²) in [6.45, 7) is 4.58. The maximum absolute atomic E-state index is 10.8.